The summed E-state index contributed by atoms with van der Waals surface area (Å²) in [5.74, 6) is 0. The van der Waals surface area contributed by atoms with Gasteiger partial charge < -0.3 is 10.6 Å². The van der Waals surface area contributed by atoms with Crippen LogP contribution in [0.1, 0.15) is 11.1 Å². The van der Waals surface area contributed by atoms with E-state index in [1.54, 1.807) is 0 Å². The van der Waals surface area contributed by atoms with Gasteiger partial charge in [-0.3, -0.25) is 4.90 Å². The monoisotopic (exact) mass is 281 g/mol. The Hall–Kier alpha value is -2.00. The first-order chi connectivity index (χ1) is 10.2. The summed E-state index contributed by atoms with van der Waals surface area (Å²) in [4.78, 5) is 4.92. The first-order valence-electron chi connectivity index (χ1n) is 7.60. The first kappa shape index (κ1) is 14.0. The van der Waals surface area contributed by atoms with Crippen molar-refractivity contribution < 1.29 is 0 Å². The van der Waals surface area contributed by atoms with Gasteiger partial charge in [-0.15, -0.1) is 0 Å². The molecule has 0 aliphatic carbocycles. The highest BCUT2D eigenvalue weighted by Gasteiger charge is 2.19. The molecule has 0 amide bonds. The molecule has 1 aliphatic heterocycles. The number of benzene rings is 2. The summed E-state index contributed by atoms with van der Waals surface area (Å²) in [5.41, 5.74) is 10.9. The van der Waals surface area contributed by atoms with E-state index in [1.807, 2.05) is 0 Å². The molecule has 110 valence electrons. The Labute approximate surface area is 127 Å². The minimum absolute atomic E-state index is 0.925. The number of nitrogens with zero attached hydrogens (tertiary/aromatic N) is 2. The van der Waals surface area contributed by atoms with Crippen LogP contribution in [-0.4, -0.2) is 31.1 Å². The van der Waals surface area contributed by atoms with Crippen LogP contribution in [-0.2, 0) is 6.54 Å². The van der Waals surface area contributed by atoms with Crippen LogP contribution in [0.5, 0.6) is 0 Å². The van der Waals surface area contributed by atoms with Crippen LogP contribution in [0.4, 0.5) is 11.4 Å². The second-order valence-electron chi connectivity index (χ2n) is 5.76. The maximum atomic E-state index is 6.22. The molecular formula is C18H23N3. The Morgan fingerprint density at radius 3 is 2.33 bits per heavy atom. The Kier molecular flexibility index (Phi) is 4.11. The van der Waals surface area contributed by atoms with E-state index in [2.05, 4.69) is 65.3 Å². The fourth-order valence-corrected chi connectivity index (χ4v) is 2.93. The molecule has 2 N–H and O–H groups in total. The number of piperazine rings is 1. The second-order valence-corrected chi connectivity index (χ2v) is 5.76. The van der Waals surface area contributed by atoms with E-state index in [9.17, 15) is 0 Å². The van der Waals surface area contributed by atoms with E-state index in [0.717, 1.165) is 38.4 Å². The van der Waals surface area contributed by atoms with Gasteiger partial charge in [-0.1, -0.05) is 42.5 Å². The molecule has 0 atom stereocenters. The van der Waals surface area contributed by atoms with Crippen molar-refractivity contribution in [3.05, 3.63) is 59.7 Å². The third-order valence-corrected chi connectivity index (χ3v) is 4.26. The molecule has 1 heterocycles. The molecule has 2 aromatic rings. The lowest BCUT2D eigenvalue weighted by atomic mass is 10.1. The van der Waals surface area contributed by atoms with Gasteiger partial charge in [0.1, 0.15) is 0 Å². The van der Waals surface area contributed by atoms with Crippen LogP contribution in [0.3, 0.4) is 0 Å². The quantitative estimate of drug-likeness (QED) is 0.878. The van der Waals surface area contributed by atoms with E-state index >= 15 is 0 Å². The number of anilines is 2. The molecule has 1 fully saturated rings. The van der Waals surface area contributed by atoms with Gasteiger partial charge in [-0.25, -0.2) is 0 Å². The summed E-state index contributed by atoms with van der Waals surface area (Å²) in [7, 11) is 0. The van der Waals surface area contributed by atoms with Crippen LogP contribution >= 0.6 is 0 Å². The van der Waals surface area contributed by atoms with Gasteiger partial charge in [0.2, 0.25) is 0 Å². The van der Waals surface area contributed by atoms with Gasteiger partial charge in [0.15, 0.2) is 0 Å². The number of aryl methyl sites for hydroxylation is 1. The molecule has 0 unspecified atom stereocenters. The summed E-state index contributed by atoms with van der Waals surface area (Å²) in [6.45, 7) is 7.37. The van der Waals surface area contributed by atoms with Crippen LogP contribution in [0.2, 0.25) is 0 Å². The molecule has 3 heteroatoms. The van der Waals surface area contributed by atoms with E-state index in [0.29, 0.717) is 0 Å². The van der Waals surface area contributed by atoms with Gasteiger partial charge in [0, 0.05) is 32.7 Å². The average Bonchev–Trinajstić information content (AvgIpc) is 2.52. The highest BCUT2D eigenvalue weighted by Crippen LogP contribution is 2.27. The highest BCUT2D eigenvalue weighted by atomic mass is 15.3. The van der Waals surface area contributed by atoms with Crippen molar-refractivity contribution in [2.24, 2.45) is 0 Å². The zero-order valence-electron chi connectivity index (χ0n) is 12.6. The van der Waals surface area contributed by atoms with Crippen molar-refractivity contribution in [3.63, 3.8) is 0 Å². The standard InChI is InChI=1S/C18H23N3/c1-15-6-5-9-17(18(15)19)21-12-10-20(11-13-21)14-16-7-3-2-4-8-16/h2-9H,10-14,19H2,1H3. The van der Waals surface area contributed by atoms with E-state index in [1.165, 1.54) is 16.8 Å². The molecule has 21 heavy (non-hydrogen) atoms. The molecule has 2 aromatic carbocycles. The van der Waals surface area contributed by atoms with Crippen LogP contribution in [0.25, 0.3) is 0 Å². The molecule has 3 nitrogen and oxygen atoms in total. The molecule has 1 saturated heterocycles. The number of nitrogen functional groups attached to an aromatic ring is 1. The summed E-state index contributed by atoms with van der Waals surface area (Å²) < 4.78 is 0. The number of hydrogen-bond acceptors (Lipinski definition) is 3. The maximum Gasteiger partial charge on any atom is 0.0603 e. The minimum Gasteiger partial charge on any atom is -0.397 e. The van der Waals surface area contributed by atoms with Crippen LogP contribution in [0, 0.1) is 6.92 Å². The van der Waals surface area contributed by atoms with Gasteiger partial charge in [0.25, 0.3) is 0 Å². The lowest BCUT2D eigenvalue weighted by molar-refractivity contribution is 0.250. The van der Waals surface area contributed by atoms with Crippen LogP contribution < -0.4 is 10.6 Å². The zero-order chi connectivity index (χ0) is 14.7. The Morgan fingerprint density at radius 2 is 1.62 bits per heavy atom. The number of hydrogen-bond donors (Lipinski definition) is 1. The molecule has 0 spiro atoms. The Bertz CT molecular complexity index is 587. The predicted octanol–water partition coefficient (Wildman–Crippen LogP) is 2.90. The number of nitrogens with two attached hydrogens (primary N) is 1. The smallest absolute Gasteiger partial charge is 0.0603 e. The van der Waals surface area contributed by atoms with Gasteiger partial charge in [0.05, 0.1) is 11.4 Å². The largest absolute Gasteiger partial charge is 0.397 e. The molecule has 1 aliphatic rings. The summed E-state index contributed by atoms with van der Waals surface area (Å²) in [6, 6.07) is 17.0. The van der Waals surface area contributed by atoms with Crippen molar-refractivity contribution >= 4 is 11.4 Å². The van der Waals surface area contributed by atoms with Crippen molar-refractivity contribution in [1.82, 2.24) is 4.90 Å². The van der Waals surface area contributed by atoms with Gasteiger partial charge >= 0.3 is 0 Å². The fraction of sp³-hybridized carbons (Fsp3) is 0.333. The molecule has 0 radical (unpaired) electrons. The second kappa shape index (κ2) is 6.19. The molecule has 0 bridgehead atoms. The third-order valence-electron chi connectivity index (χ3n) is 4.26. The van der Waals surface area contributed by atoms with Crippen LogP contribution in [0.15, 0.2) is 48.5 Å². The van der Waals surface area contributed by atoms with Crippen molar-refractivity contribution in [2.75, 3.05) is 36.8 Å². The lowest BCUT2D eigenvalue weighted by Gasteiger charge is -2.36. The minimum atomic E-state index is 0.925. The van der Waals surface area contributed by atoms with Gasteiger partial charge in [-0.05, 0) is 24.1 Å². The summed E-state index contributed by atoms with van der Waals surface area (Å²) >= 11 is 0. The molecule has 0 aromatic heterocycles. The number of rotatable bonds is 3. The van der Waals surface area contributed by atoms with Gasteiger partial charge in [-0.2, -0.15) is 0 Å². The number of para-hydroxylation sites is 1. The SMILES string of the molecule is Cc1cccc(N2CCN(Cc3ccccc3)CC2)c1N. The van der Waals surface area contributed by atoms with E-state index in [4.69, 9.17) is 5.73 Å². The van der Waals surface area contributed by atoms with E-state index in [-0.39, 0.29) is 0 Å². The predicted molar refractivity (Wildman–Crippen MR) is 89.5 cm³/mol. The fourth-order valence-electron chi connectivity index (χ4n) is 2.93. The van der Waals surface area contributed by atoms with Crippen molar-refractivity contribution in [3.8, 4) is 0 Å². The first-order valence-corrected chi connectivity index (χ1v) is 7.60. The maximum absolute atomic E-state index is 6.22. The molecular weight excluding hydrogens is 258 g/mol. The normalized spacial score (nSPS) is 16.1. The summed E-state index contributed by atoms with van der Waals surface area (Å²) in [5, 5.41) is 0. The average molecular weight is 281 g/mol. The van der Waals surface area contributed by atoms with Crippen molar-refractivity contribution in [2.45, 2.75) is 13.5 Å². The lowest BCUT2D eigenvalue weighted by Crippen LogP contribution is -2.46. The highest BCUT2D eigenvalue weighted by molar-refractivity contribution is 5.71. The summed E-state index contributed by atoms with van der Waals surface area (Å²) in [6.07, 6.45) is 0. The van der Waals surface area contributed by atoms with E-state index < -0.39 is 0 Å². The Morgan fingerprint density at radius 1 is 0.905 bits per heavy atom. The third kappa shape index (κ3) is 3.19. The Balaban J connectivity index is 1.61. The van der Waals surface area contributed by atoms with Crippen molar-refractivity contribution in [1.29, 1.82) is 0 Å². The molecule has 3 rings (SSSR count). The topological polar surface area (TPSA) is 32.5 Å². The zero-order valence-corrected chi connectivity index (χ0v) is 12.6. The molecule has 0 saturated carbocycles.